The first-order chi connectivity index (χ1) is 15.7. The molecule has 8 heteroatoms. The van der Waals surface area contributed by atoms with Gasteiger partial charge in [-0.25, -0.2) is 4.99 Å². The van der Waals surface area contributed by atoms with Crippen LogP contribution in [0.3, 0.4) is 0 Å². The Morgan fingerprint density at radius 2 is 1.85 bits per heavy atom. The molecule has 3 rings (SSSR count). The first-order valence-corrected chi connectivity index (χ1v) is 11.3. The Morgan fingerprint density at radius 1 is 1.06 bits per heavy atom. The van der Waals surface area contributed by atoms with Crippen molar-refractivity contribution in [1.29, 1.82) is 0 Å². The zero-order valence-electron chi connectivity index (χ0n) is 19.6. The van der Waals surface area contributed by atoms with Gasteiger partial charge in [-0.3, -0.25) is 4.98 Å². The molecular formula is C25H34IN5O2. The molecule has 0 saturated heterocycles. The first-order valence-electron chi connectivity index (χ1n) is 11.3. The highest BCUT2D eigenvalue weighted by molar-refractivity contribution is 14.0. The second kappa shape index (κ2) is 14.5. The van der Waals surface area contributed by atoms with Gasteiger partial charge in [-0.1, -0.05) is 37.2 Å². The lowest BCUT2D eigenvalue weighted by Gasteiger charge is -2.10. The van der Waals surface area contributed by atoms with Crippen molar-refractivity contribution in [3.8, 4) is 5.75 Å². The highest BCUT2D eigenvalue weighted by atomic mass is 127. The zero-order valence-corrected chi connectivity index (χ0v) is 21.9. The average Bonchev–Trinajstić information content (AvgIpc) is 3.30. The number of aliphatic imine (C=N–C) groups is 1. The topological polar surface area (TPSA) is 84.6 Å². The van der Waals surface area contributed by atoms with Crippen LogP contribution in [0.15, 0.2) is 64.2 Å². The molecule has 178 valence electrons. The average molecular weight is 563 g/mol. The Kier molecular flexibility index (Phi) is 11.7. The molecule has 2 N–H and O–H groups in total. The number of pyridine rings is 1. The van der Waals surface area contributed by atoms with Crippen molar-refractivity contribution >= 4 is 29.9 Å². The number of hydrogen-bond acceptors (Lipinski definition) is 5. The highest BCUT2D eigenvalue weighted by Crippen LogP contribution is 2.22. The molecule has 33 heavy (non-hydrogen) atoms. The van der Waals surface area contributed by atoms with E-state index in [9.17, 15) is 0 Å². The SMILES string of the molecule is CCNC(=NCc1ccc(OCc2ccccn2)cc1)NCc1cc(C(CC)CC)no1.I. The van der Waals surface area contributed by atoms with Crippen LogP contribution in [0.1, 0.15) is 62.2 Å². The third-order valence-corrected chi connectivity index (χ3v) is 5.21. The van der Waals surface area contributed by atoms with Crippen molar-refractivity contribution < 1.29 is 9.26 Å². The van der Waals surface area contributed by atoms with Gasteiger partial charge in [0.05, 0.1) is 24.5 Å². The smallest absolute Gasteiger partial charge is 0.191 e. The molecular weight excluding hydrogens is 529 g/mol. The number of guanidine groups is 1. The van der Waals surface area contributed by atoms with E-state index in [1.807, 2.05) is 55.5 Å². The van der Waals surface area contributed by atoms with E-state index in [4.69, 9.17) is 9.26 Å². The minimum atomic E-state index is 0. The second-order valence-electron chi connectivity index (χ2n) is 7.53. The predicted octanol–water partition coefficient (Wildman–Crippen LogP) is 5.43. The molecule has 2 aromatic heterocycles. The molecule has 0 aliphatic heterocycles. The van der Waals surface area contributed by atoms with Gasteiger partial charge in [-0.2, -0.15) is 0 Å². The van der Waals surface area contributed by atoms with Crippen molar-refractivity contribution in [2.75, 3.05) is 6.54 Å². The Balaban J connectivity index is 0.00000385. The maximum absolute atomic E-state index is 5.79. The van der Waals surface area contributed by atoms with Crippen LogP contribution in [-0.2, 0) is 19.7 Å². The fraction of sp³-hybridized carbons (Fsp3) is 0.400. The molecule has 0 radical (unpaired) electrons. The van der Waals surface area contributed by atoms with Crippen LogP contribution in [0.5, 0.6) is 5.75 Å². The van der Waals surface area contributed by atoms with Crippen LogP contribution >= 0.6 is 24.0 Å². The number of nitrogens with one attached hydrogen (secondary N) is 2. The van der Waals surface area contributed by atoms with Crippen LogP contribution in [-0.4, -0.2) is 22.6 Å². The number of halogens is 1. The summed E-state index contributed by atoms with van der Waals surface area (Å²) in [5.41, 5.74) is 3.03. The fourth-order valence-corrected chi connectivity index (χ4v) is 3.33. The van der Waals surface area contributed by atoms with E-state index in [0.717, 1.165) is 53.8 Å². The Hall–Kier alpha value is -2.62. The molecule has 0 bridgehead atoms. The maximum Gasteiger partial charge on any atom is 0.191 e. The lowest BCUT2D eigenvalue weighted by atomic mass is 9.99. The van der Waals surface area contributed by atoms with Crippen LogP contribution in [0.25, 0.3) is 0 Å². The predicted molar refractivity (Wildman–Crippen MR) is 142 cm³/mol. The Labute approximate surface area is 213 Å². The molecule has 0 atom stereocenters. The lowest BCUT2D eigenvalue weighted by molar-refractivity contribution is 0.301. The number of aromatic nitrogens is 2. The molecule has 7 nitrogen and oxygen atoms in total. The quantitative estimate of drug-likeness (QED) is 0.184. The number of ether oxygens (including phenoxy) is 1. The van der Waals surface area contributed by atoms with E-state index in [1.165, 1.54) is 0 Å². The van der Waals surface area contributed by atoms with Gasteiger partial charge < -0.3 is 19.9 Å². The molecule has 0 unspecified atom stereocenters. The zero-order chi connectivity index (χ0) is 22.6. The van der Waals surface area contributed by atoms with Crippen molar-refractivity contribution in [2.24, 2.45) is 4.99 Å². The van der Waals surface area contributed by atoms with E-state index in [1.54, 1.807) is 6.20 Å². The van der Waals surface area contributed by atoms with Crippen molar-refractivity contribution in [1.82, 2.24) is 20.8 Å². The van der Waals surface area contributed by atoms with E-state index in [-0.39, 0.29) is 24.0 Å². The molecule has 0 fully saturated rings. The summed E-state index contributed by atoms with van der Waals surface area (Å²) >= 11 is 0. The lowest BCUT2D eigenvalue weighted by Crippen LogP contribution is -2.36. The molecule has 0 aliphatic carbocycles. The molecule has 0 saturated carbocycles. The summed E-state index contributed by atoms with van der Waals surface area (Å²) in [6.07, 6.45) is 3.89. The first kappa shape index (κ1) is 26.6. The van der Waals surface area contributed by atoms with Gasteiger partial charge in [-0.15, -0.1) is 24.0 Å². The monoisotopic (exact) mass is 563 g/mol. The standard InChI is InChI=1S/C25H33N5O2.HI/c1-4-20(5-2)24-15-23(32-30-24)17-29-25(26-6-3)28-16-19-10-12-22(13-11-19)31-18-21-9-7-8-14-27-21;/h7-15,20H,4-6,16-18H2,1-3H3,(H2,26,28,29);1H. The molecule has 3 aromatic rings. The molecule has 2 heterocycles. The van der Waals surface area contributed by atoms with Crippen LogP contribution < -0.4 is 15.4 Å². The van der Waals surface area contributed by atoms with Crippen molar-refractivity contribution in [2.45, 2.75) is 59.2 Å². The second-order valence-corrected chi connectivity index (χ2v) is 7.53. The molecule has 0 aliphatic rings. The Morgan fingerprint density at radius 3 is 2.52 bits per heavy atom. The van der Waals surface area contributed by atoms with Gasteiger partial charge in [0.2, 0.25) is 0 Å². The number of hydrogen-bond donors (Lipinski definition) is 2. The van der Waals surface area contributed by atoms with E-state index < -0.39 is 0 Å². The van der Waals surface area contributed by atoms with E-state index >= 15 is 0 Å². The molecule has 0 amide bonds. The van der Waals surface area contributed by atoms with Gasteiger partial charge in [0, 0.05) is 24.7 Å². The molecule has 1 aromatic carbocycles. The van der Waals surface area contributed by atoms with E-state index in [2.05, 4.69) is 39.6 Å². The van der Waals surface area contributed by atoms with Gasteiger partial charge in [0.15, 0.2) is 11.7 Å². The van der Waals surface area contributed by atoms with Crippen LogP contribution in [0.4, 0.5) is 0 Å². The largest absolute Gasteiger partial charge is 0.487 e. The summed E-state index contributed by atoms with van der Waals surface area (Å²) in [5, 5.41) is 10.8. The van der Waals surface area contributed by atoms with Crippen molar-refractivity contribution in [3.63, 3.8) is 0 Å². The number of rotatable bonds is 11. The van der Waals surface area contributed by atoms with Crippen molar-refractivity contribution in [3.05, 3.63) is 77.4 Å². The summed E-state index contributed by atoms with van der Waals surface area (Å²) < 4.78 is 11.3. The summed E-state index contributed by atoms with van der Waals surface area (Å²) in [4.78, 5) is 8.95. The molecule has 0 spiro atoms. The van der Waals surface area contributed by atoms with Gasteiger partial charge in [0.25, 0.3) is 0 Å². The third kappa shape index (κ3) is 8.68. The fourth-order valence-electron chi connectivity index (χ4n) is 3.33. The Bertz CT molecular complexity index is 956. The van der Waals surface area contributed by atoms with Gasteiger partial charge in [0.1, 0.15) is 12.4 Å². The van der Waals surface area contributed by atoms with E-state index in [0.29, 0.717) is 25.6 Å². The summed E-state index contributed by atoms with van der Waals surface area (Å²) in [6.45, 7) is 8.73. The highest BCUT2D eigenvalue weighted by Gasteiger charge is 2.13. The summed E-state index contributed by atoms with van der Waals surface area (Å²) in [5.74, 6) is 2.81. The third-order valence-electron chi connectivity index (χ3n) is 5.21. The van der Waals surface area contributed by atoms with Crippen LogP contribution in [0, 0.1) is 0 Å². The van der Waals surface area contributed by atoms with Gasteiger partial charge in [-0.05, 0) is 49.6 Å². The number of benzene rings is 1. The number of nitrogens with zero attached hydrogens (tertiary/aromatic N) is 3. The minimum absolute atomic E-state index is 0. The van der Waals surface area contributed by atoms with Gasteiger partial charge >= 0.3 is 0 Å². The summed E-state index contributed by atoms with van der Waals surface area (Å²) in [6, 6.07) is 15.8. The normalized spacial score (nSPS) is 11.2. The summed E-state index contributed by atoms with van der Waals surface area (Å²) in [7, 11) is 0. The minimum Gasteiger partial charge on any atom is -0.487 e. The maximum atomic E-state index is 5.79. The van der Waals surface area contributed by atoms with Crippen LogP contribution in [0.2, 0.25) is 0 Å².